The fourth-order valence-electron chi connectivity index (χ4n) is 1.22. The van der Waals surface area contributed by atoms with E-state index in [4.69, 9.17) is 5.11 Å². The van der Waals surface area contributed by atoms with Crippen molar-refractivity contribution in [3.05, 3.63) is 30.0 Å². The van der Waals surface area contributed by atoms with Gasteiger partial charge >= 0.3 is 5.97 Å². The van der Waals surface area contributed by atoms with Crippen molar-refractivity contribution in [1.29, 1.82) is 0 Å². The molecule has 7 heteroatoms. The van der Waals surface area contributed by atoms with Crippen LogP contribution in [0.2, 0.25) is 0 Å². The molecule has 0 spiro atoms. The average Bonchev–Trinajstić information content (AvgIpc) is 2.78. The molecule has 0 fully saturated rings. The molecular weight excluding hydrogens is 258 g/mol. The molecular formula is C10H9N3O2S2. The second kappa shape index (κ2) is 5.15. The van der Waals surface area contributed by atoms with Crippen molar-refractivity contribution in [2.24, 2.45) is 0 Å². The van der Waals surface area contributed by atoms with Crippen molar-refractivity contribution >= 4 is 40.0 Å². The summed E-state index contributed by atoms with van der Waals surface area (Å²) in [4.78, 5) is 12.0. The number of nitrogens with zero attached hydrogens (tertiary/aromatic N) is 2. The summed E-state index contributed by atoms with van der Waals surface area (Å²) in [5.41, 5.74) is 0.764. The normalized spacial score (nSPS) is 10.2. The lowest BCUT2D eigenvalue weighted by molar-refractivity contribution is 0.0691. The third-order valence-corrected chi connectivity index (χ3v) is 3.42. The number of aromatic carboxylic acids is 1. The van der Waals surface area contributed by atoms with Gasteiger partial charge in [0.15, 0.2) is 0 Å². The summed E-state index contributed by atoms with van der Waals surface area (Å²) in [5, 5.41) is 15.9. The van der Waals surface area contributed by atoms with Gasteiger partial charge in [0.2, 0.25) is 5.69 Å². The van der Waals surface area contributed by atoms with Gasteiger partial charge in [-0.15, -0.1) is 16.9 Å². The number of carboxylic acids is 1. The molecule has 1 aromatic heterocycles. The summed E-state index contributed by atoms with van der Waals surface area (Å²) < 4.78 is 3.62. The molecule has 2 rings (SSSR count). The van der Waals surface area contributed by atoms with Gasteiger partial charge in [-0.05, 0) is 30.5 Å². The first kappa shape index (κ1) is 11.9. The second-order valence-corrected chi connectivity index (χ2v) is 4.74. The van der Waals surface area contributed by atoms with Gasteiger partial charge in [0.25, 0.3) is 0 Å². The lowest BCUT2D eigenvalue weighted by Gasteiger charge is -2.04. The largest absolute Gasteiger partial charge is 0.476 e. The summed E-state index contributed by atoms with van der Waals surface area (Å²) in [5.74, 6) is -1.08. The first-order chi connectivity index (χ1) is 8.20. The molecule has 2 aromatic rings. The van der Waals surface area contributed by atoms with Crippen LogP contribution >= 0.6 is 23.3 Å². The van der Waals surface area contributed by atoms with Crippen LogP contribution in [0.4, 0.5) is 10.7 Å². The van der Waals surface area contributed by atoms with Crippen molar-refractivity contribution in [3.8, 4) is 0 Å². The van der Waals surface area contributed by atoms with Crippen LogP contribution in [-0.4, -0.2) is 26.9 Å². The highest BCUT2D eigenvalue weighted by atomic mass is 32.2. The maximum absolute atomic E-state index is 10.8. The summed E-state index contributed by atoms with van der Waals surface area (Å²) >= 11 is 2.67. The Morgan fingerprint density at radius 2 is 2.12 bits per heavy atom. The SMILES string of the molecule is CSc1ccc(Nc2snnc2C(=O)O)cc1. The summed E-state index contributed by atoms with van der Waals surface area (Å²) in [6, 6.07) is 7.69. The van der Waals surface area contributed by atoms with E-state index in [0.29, 0.717) is 5.00 Å². The Morgan fingerprint density at radius 1 is 1.41 bits per heavy atom. The Labute approximate surface area is 106 Å². The Balaban J connectivity index is 2.19. The summed E-state index contributed by atoms with van der Waals surface area (Å²) in [6.07, 6.45) is 2.00. The number of aromatic nitrogens is 2. The highest BCUT2D eigenvalue weighted by Gasteiger charge is 2.14. The lowest BCUT2D eigenvalue weighted by Crippen LogP contribution is -2.01. The molecule has 0 atom stereocenters. The van der Waals surface area contributed by atoms with Gasteiger partial charge < -0.3 is 10.4 Å². The van der Waals surface area contributed by atoms with Crippen LogP contribution in [0.15, 0.2) is 29.2 Å². The Kier molecular flexibility index (Phi) is 3.60. The molecule has 0 bridgehead atoms. The van der Waals surface area contributed by atoms with Gasteiger partial charge in [-0.3, -0.25) is 0 Å². The monoisotopic (exact) mass is 267 g/mol. The molecule has 0 unspecified atom stereocenters. The minimum absolute atomic E-state index is 0.0519. The van der Waals surface area contributed by atoms with E-state index < -0.39 is 5.97 Å². The molecule has 0 saturated carbocycles. The number of thioether (sulfide) groups is 1. The van der Waals surface area contributed by atoms with E-state index in [-0.39, 0.29) is 5.69 Å². The maximum atomic E-state index is 10.8. The highest BCUT2D eigenvalue weighted by Crippen LogP contribution is 2.24. The zero-order valence-electron chi connectivity index (χ0n) is 8.88. The first-order valence-corrected chi connectivity index (χ1v) is 6.67. The molecule has 0 amide bonds. The van der Waals surface area contributed by atoms with Crippen molar-refractivity contribution < 1.29 is 9.90 Å². The van der Waals surface area contributed by atoms with Crippen LogP contribution in [-0.2, 0) is 0 Å². The average molecular weight is 267 g/mol. The molecule has 2 N–H and O–H groups in total. The van der Waals surface area contributed by atoms with Gasteiger partial charge in [0.05, 0.1) is 0 Å². The van der Waals surface area contributed by atoms with E-state index in [1.165, 1.54) is 0 Å². The van der Waals surface area contributed by atoms with Crippen LogP contribution in [0, 0.1) is 0 Å². The molecule has 0 aliphatic carbocycles. The van der Waals surface area contributed by atoms with Crippen LogP contribution < -0.4 is 5.32 Å². The van der Waals surface area contributed by atoms with Gasteiger partial charge in [0, 0.05) is 22.1 Å². The number of carboxylic acid groups (broad SMARTS) is 1. The molecule has 5 nitrogen and oxygen atoms in total. The molecule has 1 aromatic carbocycles. The molecule has 0 aliphatic heterocycles. The molecule has 0 aliphatic rings. The predicted octanol–water partition coefficient (Wildman–Crippen LogP) is 2.70. The van der Waals surface area contributed by atoms with E-state index in [9.17, 15) is 4.79 Å². The van der Waals surface area contributed by atoms with Crippen LogP contribution in [0.25, 0.3) is 0 Å². The standard InChI is InChI=1S/C10H9N3O2S2/c1-16-7-4-2-6(3-5-7)11-9-8(10(14)15)12-13-17-9/h2-5,11H,1H3,(H,14,15). The Hall–Kier alpha value is -1.60. The van der Waals surface area contributed by atoms with E-state index >= 15 is 0 Å². The Morgan fingerprint density at radius 3 is 2.71 bits per heavy atom. The van der Waals surface area contributed by atoms with Crippen LogP contribution in [0.1, 0.15) is 10.5 Å². The first-order valence-electron chi connectivity index (χ1n) is 4.67. The highest BCUT2D eigenvalue weighted by molar-refractivity contribution is 7.98. The number of carbonyl (C=O) groups is 1. The zero-order valence-corrected chi connectivity index (χ0v) is 10.5. The van der Waals surface area contributed by atoms with Crippen molar-refractivity contribution in [1.82, 2.24) is 9.59 Å². The third kappa shape index (κ3) is 2.75. The quantitative estimate of drug-likeness (QED) is 0.830. The number of anilines is 2. The summed E-state index contributed by atoms with van der Waals surface area (Å²) in [6.45, 7) is 0. The smallest absolute Gasteiger partial charge is 0.359 e. The molecule has 1 heterocycles. The van der Waals surface area contributed by atoms with E-state index in [2.05, 4.69) is 14.9 Å². The number of nitrogens with one attached hydrogen (secondary N) is 1. The van der Waals surface area contributed by atoms with Crippen LogP contribution in [0.3, 0.4) is 0 Å². The van der Waals surface area contributed by atoms with Gasteiger partial charge in [-0.1, -0.05) is 4.49 Å². The summed E-state index contributed by atoms with van der Waals surface area (Å²) in [7, 11) is 0. The fourth-order valence-corrected chi connectivity index (χ4v) is 2.21. The fraction of sp³-hybridized carbons (Fsp3) is 0.100. The minimum Gasteiger partial charge on any atom is -0.476 e. The van der Waals surface area contributed by atoms with Crippen molar-refractivity contribution in [3.63, 3.8) is 0 Å². The van der Waals surface area contributed by atoms with Crippen LogP contribution in [0.5, 0.6) is 0 Å². The van der Waals surface area contributed by atoms with E-state index in [0.717, 1.165) is 22.1 Å². The molecule has 0 radical (unpaired) electrons. The molecule has 0 saturated heterocycles. The predicted molar refractivity (Wildman–Crippen MR) is 68.4 cm³/mol. The molecule has 88 valence electrons. The second-order valence-electron chi connectivity index (χ2n) is 3.11. The molecule has 17 heavy (non-hydrogen) atoms. The van der Waals surface area contributed by atoms with Crippen molar-refractivity contribution in [2.45, 2.75) is 4.90 Å². The van der Waals surface area contributed by atoms with Gasteiger partial charge in [-0.2, -0.15) is 0 Å². The van der Waals surface area contributed by atoms with E-state index in [1.54, 1.807) is 11.8 Å². The van der Waals surface area contributed by atoms with Crippen molar-refractivity contribution in [2.75, 3.05) is 11.6 Å². The third-order valence-electron chi connectivity index (χ3n) is 2.04. The van der Waals surface area contributed by atoms with E-state index in [1.807, 2.05) is 30.5 Å². The number of hydrogen-bond donors (Lipinski definition) is 2. The minimum atomic E-state index is -1.08. The maximum Gasteiger partial charge on any atom is 0.359 e. The zero-order chi connectivity index (χ0) is 12.3. The Bertz CT molecular complexity index is 525. The van der Waals surface area contributed by atoms with Gasteiger partial charge in [0.1, 0.15) is 5.00 Å². The lowest BCUT2D eigenvalue weighted by atomic mass is 10.3. The number of hydrogen-bond acceptors (Lipinski definition) is 6. The van der Waals surface area contributed by atoms with Gasteiger partial charge in [-0.25, -0.2) is 4.79 Å². The topological polar surface area (TPSA) is 75.1 Å². The number of rotatable bonds is 4. The number of benzene rings is 1.